The van der Waals surface area contributed by atoms with Crippen molar-refractivity contribution in [1.82, 2.24) is 4.90 Å². The molecule has 24 heavy (non-hydrogen) atoms. The van der Waals surface area contributed by atoms with Crippen molar-refractivity contribution in [3.05, 3.63) is 48.0 Å². The van der Waals surface area contributed by atoms with Crippen LogP contribution >= 0.6 is 0 Å². The Labute approximate surface area is 141 Å². The van der Waals surface area contributed by atoms with E-state index in [-0.39, 0.29) is 11.7 Å². The van der Waals surface area contributed by atoms with Gasteiger partial charge in [-0.05, 0) is 48.9 Å². The van der Waals surface area contributed by atoms with Crippen molar-refractivity contribution in [2.45, 2.75) is 32.1 Å². The van der Waals surface area contributed by atoms with Crippen LogP contribution in [0.5, 0.6) is 0 Å². The Morgan fingerprint density at radius 2 is 1.83 bits per heavy atom. The summed E-state index contributed by atoms with van der Waals surface area (Å²) in [5.41, 5.74) is 0.391. The third-order valence-electron chi connectivity index (χ3n) is 5.53. The number of amides is 1. The normalized spacial score (nSPS) is 23.8. The van der Waals surface area contributed by atoms with E-state index < -0.39 is 0 Å². The topological polar surface area (TPSA) is 33.5 Å². The second-order valence-corrected chi connectivity index (χ2v) is 6.99. The molecule has 0 radical (unpaired) electrons. The van der Waals surface area contributed by atoms with Crippen LogP contribution in [-0.4, -0.2) is 23.9 Å². The van der Waals surface area contributed by atoms with Crippen molar-refractivity contribution < 1.29 is 13.6 Å². The van der Waals surface area contributed by atoms with Gasteiger partial charge in [0.1, 0.15) is 11.6 Å². The Kier molecular flexibility index (Phi) is 4.13. The smallest absolute Gasteiger partial charge is 0.289 e. The fraction of sp³-hybridized carbons (Fsp3) is 0.450. The first-order chi connectivity index (χ1) is 11.7. The number of piperidine rings is 1. The molecule has 4 rings (SSSR count). The fourth-order valence-corrected chi connectivity index (χ4v) is 4.20. The predicted octanol–water partition coefficient (Wildman–Crippen LogP) is 4.74. The van der Waals surface area contributed by atoms with Gasteiger partial charge in [-0.25, -0.2) is 4.39 Å². The average Bonchev–Trinajstić information content (AvgIpc) is 3.11. The summed E-state index contributed by atoms with van der Waals surface area (Å²) in [6.45, 7) is 1.63. The van der Waals surface area contributed by atoms with Gasteiger partial charge in [0.15, 0.2) is 5.76 Å². The molecule has 1 aromatic heterocycles. The molecule has 0 spiro atoms. The van der Waals surface area contributed by atoms with Crippen LogP contribution in [-0.2, 0) is 0 Å². The van der Waals surface area contributed by atoms with Crippen LogP contribution in [0.4, 0.5) is 4.39 Å². The lowest BCUT2D eigenvalue weighted by Gasteiger charge is -2.41. The first kappa shape index (κ1) is 15.4. The van der Waals surface area contributed by atoms with E-state index in [1.54, 1.807) is 30.3 Å². The molecule has 126 valence electrons. The molecule has 1 aliphatic heterocycles. The van der Waals surface area contributed by atoms with Gasteiger partial charge in [0.2, 0.25) is 0 Å². The van der Waals surface area contributed by atoms with E-state index in [9.17, 15) is 9.18 Å². The molecule has 3 nitrogen and oxygen atoms in total. The zero-order valence-electron chi connectivity index (χ0n) is 13.7. The van der Waals surface area contributed by atoms with Crippen LogP contribution in [0.1, 0.15) is 42.7 Å². The lowest BCUT2D eigenvalue weighted by Crippen LogP contribution is -2.44. The first-order valence-corrected chi connectivity index (χ1v) is 8.86. The second kappa shape index (κ2) is 6.42. The lowest BCUT2D eigenvalue weighted by molar-refractivity contribution is 0.0493. The highest BCUT2D eigenvalue weighted by molar-refractivity contribution is 5.92. The predicted molar refractivity (Wildman–Crippen MR) is 90.1 cm³/mol. The molecule has 2 atom stereocenters. The molecule has 1 amide bonds. The van der Waals surface area contributed by atoms with Crippen molar-refractivity contribution in [2.75, 3.05) is 13.1 Å². The monoisotopic (exact) mass is 327 g/mol. The number of halogens is 1. The van der Waals surface area contributed by atoms with Crippen LogP contribution in [0, 0.1) is 17.7 Å². The van der Waals surface area contributed by atoms with E-state index >= 15 is 0 Å². The van der Waals surface area contributed by atoms with Crippen LogP contribution < -0.4 is 0 Å². The maximum atomic E-state index is 13.9. The van der Waals surface area contributed by atoms with E-state index in [1.165, 1.54) is 31.7 Å². The summed E-state index contributed by atoms with van der Waals surface area (Å²) in [4.78, 5) is 14.7. The molecule has 1 saturated heterocycles. The van der Waals surface area contributed by atoms with E-state index in [1.807, 2.05) is 4.90 Å². The molecule has 1 aliphatic carbocycles. The van der Waals surface area contributed by atoms with E-state index in [4.69, 9.17) is 4.42 Å². The number of furan rings is 1. The minimum Gasteiger partial charge on any atom is -0.451 e. The number of fused-ring (bicyclic) bond motifs is 1. The zero-order chi connectivity index (χ0) is 16.5. The minimum atomic E-state index is -0.339. The van der Waals surface area contributed by atoms with Gasteiger partial charge in [0.05, 0.1) is 5.56 Å². The third kappa shape index (κ3) is 2.85. The summed E-state index contributed by atoms with van der Waals surface area (Å²) in [6, 6.07) is 9.80. The average molecular weight is 327 g/mol. The number of rotatable bonds is 2. The maximum absolute atomic E-state index is 13.9. The van der Waals surface area contributed by atoms with Gasteiger partial charge in [-0.3, -0.25) is 4.79 Å². The van der Waals surface area contributed by atoms with Crippen molar-refractivity contribution in [1.29, 1.82) is 0 Å². The lowest BCUT2D eigenvalue weighted by atomic mass is 9.75. The number of hydrogen-bond acceptors (Lipinski definition) is 2. The standard InChI is InChI=1S/C20H22FNO2/c21-17-8-4-3-7-16(17)18-9-10-19(24-18)20(23)22-12-11-14-5-1-2-6-15(14)13-22/h3-4,7-10,14-15H,1-2,5-6,11-13H2. The second-order valence-electron chi connectivity index (χ2n) is 6.99. The van der Waals surface area contributed by atoms with Crippen molar-refractivity contribution in [3.63, 3.8) is 0 Å². The van der Waals surface area contributed by atoms with Gasteiger partial charge in [-0.2, -0.15) is 0 Å². The first-order valence-electron chi connectivity index (χ1n) is 8.86. The highest BCUT2D eigenvalue weighted by Gasteiger charge is 2.34. The molecule has 2 fully saturated rings. The van der Waals surface area contributed by atoms with Crippen molar-refractivity contribution in [2.24, 2.45) is 11.8 Å². The molecular formula is C20H22FNO2. The molecule has 1 aromatic carbocycles. The Morgan fingerprint density at radius 1 is 1.04 bits per heavy atom. The molecule has 0 bridgehead atoms. The highest BCUT2D eigenvalue weighted by Crippen LogP contribution is 2.36. The molecule has 4 heteroatoms. The third-order valence-corrected chi connectivity index (χ3v) is 5.53. The van der Waals surface area contributed by atoms with Crippen LogP contribution in [0.25, 0.3) is 11.3 Å². The van der Waals surface area contributed by atoms with Gasteiger partial charge in [0.25, 0.3) is 5.91 Å². The van der Waals surface area contributed by atoms with Crippen LogP contribution in [0.15, 0.2) is 40.8 Å². The molecule has 2 heterocycles. The minimum absolute atomic E-state index is 0.0680. The molecule has 1 saturated carbocycles. The van der Waals surface area contributed by atoms with Gasteiger partial charge in [0, 0.05) is 13.1 Å². The fourth-order valence-electron chi connectivity index (χ4n) is 4.20. The summed E-state index contributed by atoms with van der Waals surface area (Å²) < 4.78 is 19.5. The number of nitrogens with zero attached hydrogens (tertiary/aromatic N) is 1. The quantitative estimate of drug-likeness (QED) is 0.798. The summed E-state index contributed by atoms with van der Waals surface area (Å²) >= 11 is 0. The Hall–Kier alpha value is -2.10. The number of likely N-dealkylation sites (tertiary alicyclic amines) is 1. The Balaban J connectivity index is 1.50. The largest absolute Gasteiger partial charge is 0.451 e. The van der Waals surface area contributed by atoms with Gasteiger partial charge in [-0.15, -0.1) is 0 Å². The van der Waals surface area contributed by atoms with E-state index in [2.05, 4.69) is 0 Å². The van der Waals surface area contributed by atoms with Gasteiger partial charge >= 0.3 is 0 Å². The number of carbonyl (C=O) groups excluding carboxylic acids is 1. The van der Waals surface area contributed by atoms with Crippen LogP contribution in [0.2, 0.25) is 0 Å². The zero-order valence-corrected chi connectivity index (χ0v) is 13.7. The number of hydrogen-bond donors (Lipinski definition) is 0. The Bertz CT molecular complexity index is 739. The van der Waals surface area contributed by atoms with Gasteiger partial charge < -0.3 is 9.32 Å². The summed E-state index contributed by atoms with van der Waals surface area (Å²) in [5.74, 6) is 1.73. The van der Waals surface area contributed by atoms with E-state index in [0.717, 1.165) is 25.4 Å². The summed E-state index contributed by atoms with van der Waals surface area (Å²) in [5, 5.41) is 0. The van der Waals surface area contributed by atoms with Gasteiger partial charge in [-0.1, -0.05) is 31.4 Å². The SMILES string of the molecule is O=C(c1ccc(-c2ccccc2F)o1)N1CCC2CCCCC2C1. The molecule has 2 aliphatic rings. The summed E-state index contributed by atoms with van der Waals surface area (Å²) in [6.07, 6.45) is 6.25. The maximum Gasteiger partial charge on any atom is 0.289 e. The van der Waals surface area contributed by atoms with Crippen LogP contribution in [0.3, 0.4) is 0 Å². The molecule has 0 N–H and O–H groups in total. The van der Waals surface area contributed by atoms with E-state index in [0.29, 0.717) is 23.0 Å². The number of benzene rings is 1. The van der Waals surface area contributed by atoms with Crippen molar-refractivity contribution in [3.8, 4) is 11.3 Å². The number of carbonyl (C=O) groups is 1. The molecule has 2 unspecified atom stereocenters. The Morgan fingerprint density at radius 3 is 2.67 bits per heavy atom. The highest BCUT2D eigenvalue weighted by atomic mass is 19.1. The molecular weight excluding hydrogens is 305 g/mol. The molecule has 2 aromatic rings. The summed E-state index contributed by atoms with van der Waals surface area (Å²) in [7, 11) is 0. The van der Waals surface area contributed by atoms with Crippen molar-refractivity contribution >= 4 is 5.91 Å².